The molecule has 1 aromatic rings. The van der Waals surface area contributed by atoms with Crippen LogP contribution in [-0.2, 0) is 14.8 Å². The summed E-state index contributed by atoms with van der Waals surface area (Å²) >= 11 is 0. The van der Waals surface area contributed by atoms with Gasteiger partial charge in [-0.1, -0.05) is 13.3 Å². The summed E-state index contributed by atoms with van der Waals surface area (Å²) in [6, 6.07) is 2.35. The fraction of sp³-hybridized carbons (Fsp3) is 0.562. The van der Waals surface area contributed by atoms with E-state index in [0.29, 0.717) is 12.5 Å². The van der Waals surface area contributed by atoms with Gasteiger partial charge in [-0.3, -0.25) is 4.79 Å². The number of carbonyl (C=O) groups excluding carboxylic acids is 1. The zero-order valence-corrected chi connectivity index (χ0v) is 15.2. The van der Waals surface area contributed by atoms with Crippen molar-refractivity contribution in [1.29, 1.82) is 0 Å². The molecule has 1 aliphatic heterocycles. The van der Waals surface area contributed by atoms with Crippen molar-refractivity contribution in [2.24, 2.45) is 5.73 Å². The fourth-order valence-electron chi connectivity index (χ4n) is 2.94. The molecule has 1 heterocycles. The number of halogens is 2. The number of sulfonamides is 1. The quantitative estimate of drug-likeness (QED) is 0.841. The lowest BCUT2D eigenvalue weighted by atomic mass is 9.95. The molecular weight excluding hydrogens is 352 g/mol. The summed E-state index contributed by atoms with van der Waals surface area (Å²) in [5.41, 5.74) is 5.05. The zero-order chi connectivity index (χ0) is 18.8. The van der Waals surface area contributed by atoms with E-state index < -0.39 is 32.1 Å². The van der Waals surface area contributed by atoms with Gasteiger partial charge in [0.1, 0.15) is 16.5 Å². The van der Waals surface area contributed by atoms with Crippen molar-refractivity contribution in [3.05, 3.63) is 29.8 Å². The largest absolute Gasteiger partial charge is 0.338 e. The minimum atomic E-state index is -4.08. The highest BCUT2D eigenvalue weighted by Crippen LogP contribution is 2.22. The summed E-state index contributed by atoms with van der Waals surface area (Å²) in [6.45, 7) is 4.02. The molecule has 1 fully saturated rings. The highest BCUT2D eigenvalue weighted by Gasteiger charge is 2.36. The van der Waals surface area contributed by atoms with Crippen LogP contribution in [0.2, 0.25) is 0 Å². The normalized spacial score (nSPS) is 18.8. The second-order valence-corrected chi connectivity index (χ2v) is 8.34. The van der Waals surface area contributed by atoms with Crippen LogP contribution in [0.3, 0.4) is 0 Å². The van der Waals surface area contributed by atoms with E-state index in [1.54, 1.807) is 6.92 Å². The first-order valence-electron chi connectivity index (χ1n) is 8.13. The zero-order valence-electron chi connectivity index (χ0n) is 14.3. The van der Waals surface area contributed by atoms with E-state index in [0.717, 1.165) is 22.9 Å². The van der Waals surface area contributed by atoms with Gasteiger partial charge in [0.15, 0.2) is 0 Å². The monoisotopic (exact) mass is 375 g/mol. The van der Waals surface area contributed by atoms with Crippen LogP contribution >= 0.6 is 0 Å². The van der Waals surface area contributed by atoms with Gasteiger partial charge in [0.05, 0.1) is 5.54 Å². The number of benzene rings is 1. The molecule has 0 aliphatic carbocycles. The molecule has 0 spiro atoms. The number of piperazine rings is 1. The average Bonchev–Trinajstić information content (AvgIpc) is 2.54. The Hall–Kier alpha value is -1.58. The summed E-state index contributed by atoms with van der Waals surface area (Å²) in [5, 5.41) is 0. The first-order valence-corrected chi connectivity index (χ1v) is 9.57. The van der Waals surface area contributed by atoms with Gasteiger partial charge in [-0.05, 0) is 25.5 Å². The van der Waals surface area contributed by atoms with Crippen molar-refractivity contribution in [2.75, 3.05) is 26.2 Å². The highest BCUT2D eigenvalue weighted by atomic mass is 32.2. The third kappa shape index (κ3) is 4.16. The molecular formula is C16H23F2N3O3S. The maximum Gasteiger partial charge on any atom is 0.246 e. The van der Waals surface area contributed by atoms with Gasteiger partial charge in [0.25, 0.3) is 0 Å². The summed E-state index contributed by atoms with van der Waals surface area (Å²) in [7, 11) is -4.08. The lowest BCUT2D eigenvalue weighted by Crippen LogP contribution is -2.58. The maximum absolute atomic E-state index is 13.8. The van der Waals surface area contributed by atoms with Crippen LogP contribution in [0.5, 0.6) is 0 Å². The molecule has 0 saturated carbocycles. The Morgan fingerprint density at radius 1 is 1.24 bits per heavy atom. The predicted octanol–water partition coefficient (Wildman–Crippen LogP) is 1.32. The molecule has 1 atom stereocenters. The van der Waals surface area contributed by atoms with E-state index in [-0.39, 0.29) is 32.1 Å². The van der Waals surface area contributed by atoms with Crippen molar-refractivity contribution in [3.8, 4) is 0 Å². The Morgan fingerprint density at radius 3 is 2.36 bits per heavy atom. The molecule has 1 aromatic carbocycles. The van der Waals surface area contributed by atoms with E-state index in [1.165, 1.54) is 4.90 Å². The molecule has 1 amide bonds. The molecule has 140 valence electrons. The number of nitrogens with zero attached hydrogens (tertiary/aromatic N) is 2. The molecule has 0 radical (unpaired) electrons. The Bertz CT molecular complexity index is 745. The highest BCUT2D eigenvalue weighted by molar-refractivity contribution is 7.89. The molecule has 1 saturated heterocycles. The van der Waals surface area contributed by atoms with Gasteiger partial charge >= 0.3 is 0 Å². The van der Waals surface area contributed by atoms with E-state index in [9.17, 15) is 22.0 Å². The van der Waals surface area contributed by atoms with Crippen LogP contribution in [0.25, 0.3) is 0 Å². The Balaban J connectivity index is 2.10. The Morgan fingerprint density at radius 2 is 1.84 bits per heavy atom. The second kappa shape index (κ2) is 7.35. The number of amides is 1. The SMILES string of the molecule is CCCC(C)(N)C(=O)N1CCN(S(=O)(=O)c2ccc(F)cc2F)CC1. The minimum absolute atomic E-state index is 0.0348. The first kappa shape index (κ1) is 19.7. The molecule has 0 aromatic heterocycles. The first-order chi connectivity index (χ1) is 11.6. The van der Waals surface area contributed by atoms with Gasteiger partial charge in [0, 0.05) is 32.2 Å². The molecule has 2 N–H and O–H groups in total. The van der Waals surface area contributed by atoms with Gasteiger partial charge in [-0.2, -0.15) is 4.31 Å². The third-order valence-corrected chi connectivity index (χ3v) is 6.23. The van der Waals surface area contributed by atoms with Crippen molar-refractivity contribution in [1.82, 2.24) is 9.21 Å². The van der Waals surface area contributed by atoms with Crippen molar-refractivity contribution in [2.45, 2.75) is 37.1 Å². The minimum Gasteiger partial charge on any atom is -0.338 e. The standard InChI is InChI=1S/C16H23F2N3O3S/c1-3-6-16(2,19)15(22)20-7-9-21(10-8-20)25(23,24)14-5-4-12(17)11-13(14)18/h4-5,11H,3,6-10,19H2,1-2H3. The van der Waals surface area contributed by atoms with Crippen molar-refractivity contribution >= 4 is 15.9 Å². The van der Waals surface area contributed by atoms with E-state index in [2.05, 4.69) is 0 Å². The molecule has 2 rings (SSSR count). The van der Waals surface area contributed by atoms with Gasteiger partial charge in [-0.15, -0.1) is 0 Å². The summed E-state index contributed by atoms with van der Waals surface area (Å²) in [4.78, 5) is 13.4. The number of nitrogens with two attached hydrogens (primary N) is 1. The lowest BCUT2D eigenvalue weighted by Gasteiger charge is -2.37. The van der Waals surface area contributed by atoms with Crippen LogP contribution in [0.1, 0.15) is 26.7 Å². The molecule has 1 unspecified atom stereocenters. The summed E-state index contributed by atoms with van der Waals surface area (Å²) in [5.74, 6) is -2.19. The van der Waals surface area contributed by atoms with E-state index in [1.807, 2.05) is 6.92 Å². The van der Waals surface area contributed by atoms with Crippen molar-refractivity contribution in [3.63, 3.8) is 0 Å². The fourth-order valence-corrected chi connectivity index (χ4v) is 4.41. The molecule has 25 heavy (non-hydrogen) atoms. The van der Waals surface area contributed by atoms with Crippen LogP contribution in [0.4, 0.5) is 8.78 Å². The Labute approximate surface area is 146 Å². The number of rotatable bonds is 5. The smallest absolute Gasteiger partial charge is 0.246 e. The van der Waals surface area contributed by atoms with Crippen LogP contribution < -0.4 is 5.73 Å². The number of hydrogen-bond acceptors (Lipinski definition) is 4. The molecule has 1 aliphatic rings. The van der Waals surface area contributed by atoms with Gasteiger partial charge in [-0.25, -0.2) is 17.2 Å². The predicted molar refractivity (Wildman–Crippen MR) is 89.2 cm³/mol. The van der Waals surface area contributed by atoms with Gasteiger partial charge in [0.2, 0.25) is 15.9 Å². The average molecular weight is 375 g/mol. The number of hydrogen-bond donors (Lipinski definition) is 1. The van der Waals surface area contributed by atoms with Gasteiger partial charge < -0.3 is 10.6 Å². The van der Waals surface area contributed by atoms with Crippen LogP contribution in [0.15, 0.2) is 23.1 Å². The molecule has 0 bridgehead atoms. The molecule has 6 nitrogen and oxygen atoms in total. The second-order valence-electron chi connectivity index (χ2n) is 6.44. The third-order valence-electron chi connectivity index (χ3n) is 4.30. The van der Waals surface area contributed by atoms with E-state index in [4.69, 9.17) is 5.73 Å². The van der Waals surface area contributed by atoms with Crippen LogP contribution in [-0.4, -0.2) is 55.2 Å². The van der Waals surface area contributed by atoms with Crippen molar-refractivity contribution < 1.29 is 22.0 Å². The van der Waals surface area contributed by atoms with Crippen LogP contribution in [0, 0.1) is 11.6 Å². The summed E-state index contributed by atoms with van der Waals surface area (Å²) < 4.78 is 53.0. The topological polar surface area (TPSA) is 83.7 Å². The maximum atomic E-state index is 13.8. The lowest BCUT2D eigenvalue weighted by molar-refractivity contribution is -0.137. The summed E-state index contributed by atoms with van der Waals surface area (Å²) in [6.07, 6.45) is 1.29. The Kier molecular flexibility index (Phi) is 5.80. The van der Waals surface area contributed by atoms with E-state index >= 15 is 0 Å². The number of carbonyl (C=O) groups is 1. The molecule has 9 heteroatoms.